The van der Waals surface area contributed by atoms with Gasteiger partial charge in [0, 0.05) is 31.8 Å². The van der Waals surface area contributed by atoms with Crippen LogP contribution in [0, 0.1) is 5.95 Å². The Labute approximate surface area is 229 Å². The van der Waals surface area contributed by atoms with E-state index < -0.39 is 27.6 Å². The van der Waals surface area contributed by atoms with Crippen LogP contribution in [-0.2, 0) is 20.5 Å². The Kier molecular flexibility index (Phi) is 7.89. The lowest BCUT2D eigenvalue weighted by molar-refractivity contribution is -0.134. The number of pyridine rings is 1. The standard InChI is InChI=1S/C24H21ClFN5O3S.C2H4O2/c1-35(32,33)34-19-8-3-7-17(12-19)24(22-28-9-4-10-31(22)23(27)30-24)16-6-2-5-15(11-16)20-13-18(25)14-29-21(20)26;1-2(3)4/h2-3,5-8,11-14H,4,9-10H2,1H3,(H2,27,30);1H3,(H,3,4). The van der Waals surface area contributed by atoms with Gasteiger partial charge in [-0.3, -0.25) is 14.7 Å². The van der Waals surface area contributed by atoms with E-state index >= 15 is 0 Å². The number of aromatic nitrogens is 1. The first kappa shape index (κ1) is 28.0. The van der Waals surface area contributed by atoms with Crippen LogP contribution in [0.4, 0.5) is 4.39 Å². The Hall–Kier alpha value is -4.03. The van der Waals surface area contributed by atoms with Crippen molar-refractivity contribution in [2.75, 3.05) is 19.3 Å². The van der Waals surface area contributed by atoms with E-state index in [4.69, 9.17) is 41.4 Å². The minimum Gasteiger partial charge on any atom is -0.481 e. The summed E-state index contributed by atoms with van der Waals surface area (Å²) in [5.74, 6) is -0.456. The third kappa shape index (κ3) is 6.02. The Morgan fingerprint density at radius 2 is 1.85 bits per heavy atom. The highest BCUT2D eigenvalue weighted by Gasteiger charge is 2.49. The van der Waals surface area contributed by atoms with Crippen molar-refractivity contribution in [3.05, 3.63) is 82.9 Å². The second kappa shape index (κ2) is 11.0. The first-order valence-corrected chi connectivity index (χ1v) is 13.9. The number of aliphatic carboxylic acids is 1. The van der Waals surface area contributed by atoms with Gasteiger partial charge >= 0.3 is 10.1 Å². The molecule has 0 bridgehead atoms. The fourth-order valence-corrected chi connectivity index (χ4v) is 5.07. The van der Waals surface area contributed by atoms with Gasteiger partial charge in [0.25, 0.3) is 5.97 Å². The summed E-state index contributed by atoms with van der Waals surface area (Å²) in [6.45, 7) is 2.31. The molecule has 2 aromatic carbocycles. The van der Waals surface area contributed by atoms with Gasteiger partial charge in [0.05, 0.1) is 11.3 Å². The van der Waals surface area contributed by atoms with Crippen LogP contribution >= 0.6 is 11.6 Å². The number of rotatable bonds is 5. The first-order valence-electron chi connectivity index (χ1n) is 11.7. The maximum absolute atomic E-state index is 14.6. The van der Waals surface area contributed by atoms with Gasteiger partial charge in [-0.05, 0) is 47.4 Å². The van der Waals surface area contributed by atoms with E-state index in [1.54, 1.807) is 42.5 Å². The second-order valence-corrected chi connectivity index (χ2v) is 10.8. The molecule has 39 heavy (non-hydrogen) atoms. The number of aliphatic imine (C=N–C) groups is 2. The average Bonchev–Trinajstić information content (AvgIpc) is 3.18. The molecule has 3 heterocycles. The van der Waals surface area contributed by atoms with Crippen molar-refractivity contribution in [3.8, 4) is 16.9 Å². The van der Waals surface area contributed by atoms with Crippen molar-refractivity contribution in [3.63, 3.8) is 0 Å². The van der Waals surface area contributed by atoms with Gasteiger partial charge < -0.3 is 15.0 Å². The molecule has 3 aromatic rings. The molecule has 1 atom stereocenters. The van der Waals surface area contributed by atoms with Crippen LogP contribution in [0.25, 0.3) is 11.1 Å². The molecule has 0 spiro atoms. The van der Waals surface area contributed by atoms with Crippen molar-refractivity contribution < 1.29 is 26.9 Å². The fourth-order valence-electron chi connectivity index (χ4n) is 4.46. The van der Waals surface area contributed by atoms with Gasteiger partial charge in [-0.2, -0.15) is 12.8 Å². The molecule has 204 valence electrons. The number of guanidine groups is 1. The number of hydrogen-bond donors (Lipinski definition) is 2. The van der Waals surface area contributed by atoms with Crippen molar-refractivity contribution in [1.29, 1.82) is 0 Å². The molecule has 0 radical (unpaired) electrons. The largest absolute Gasteiger partial charge is 0.481 e. The van der Waals surface area contributed by atoms with Gasteiger partial charge in [0.15, 0.2) is 11.5 Å². The van der Waals surface area contributed by atoms with Gasteiger partial charge in [-0.1, -0.05) is 41.9 Å². The van der Waals surface area contributed by atoms with Crippen LogP contribution in [-0.4, -0.2) is 60.5 Å². The van der Waals surface area contributed by atoms with Crippen LogP contribution in [0.5, 0.6) is 5.75 Å². The molecule has 0 fully saturated rings. The lowest BCUT2D eigenvalue weighted by atomic mass is 9.81. The zero-order valence-electron chi connectivity index (χ0n) is 21.0. The quantitative estimate of drug-likeness (QED) is 0.347. The van der Waals surface area contributed by atoms with E-state index in [9.17, 15) is 12.8 Å². The monoisotopic (exact) mass is 573 g/mol. The summed E-state index contributed by atoms with van der Waals surface area (Å²) in [5.41, 5.74) is 7.21. The third-order valence-electron chi connectivity index (χ3n) is 5.84. The number of hydrogen-bond acceptors (Lipinski definition) is 9. The Balaban J connectivity index is 0.000000826. The molecule has 5 rings (SSSR count). The number of amidine groups is 1. The Morgan fingerprint density at radius 1 is 1.18 bits per heavy atom. The smallest absolute Gasteiger partial charge is 0.306 e. The number of carboxylic acid groups (broad SMARTS) is 1. The molecule has 3 N–H and O–H groups in total. The number of benzene rings is 2. The number of halogens is 2. The molecule has 0 amide bonds. The van der Waals surface area contributed by atoms with Crippen LogP contribution in [0.15, 0.2) is 70.8 Å². The van der Waals surface area contributed by atoms with Crippen LogP contribution in [0.1, 0.15) is 24.5 Å². The van der Waals surface area contributed by atoms with Gasteiger partial charge in [-0.15, -0.1) is 0 Å². The summed E-state index contributed by atoms with van der Waals surface area (Å²) in [4.78, 5) is 24.2. The summed E-state index contributed by atoms with van der Waals surface area (Å²) in [7, 11) is -3.75. The lowest BCUT2D eigenvalue weighted by Crippen LogP contribution is -2.46. The summed E-state index contributed by atoms with van der Waals surface area (Å²) in [6.07, 6.45) is 3.03. The highest BCUT2D eigenvalue weighted by atomic mass is 35.5. The molecule has 10 nitrogen and oxygen atoms in total. The lowest BCUT2D eigenvalue weighted by Gasteiger charge is -2.33. The zero-order valence-corrected chi connectivity index (χ0v) is 22.6. The summed E-state index contributed by atoms with van der Waals surface area (Å²) in [5, 5.41) is 7.72. The van der Waals surface area contributed by atoms with Gasteiger partial charge in [-0.25, -0.2) is 9.98 Å². The van der Waals surface area contributed by atoms with Crippen molar-refractivity contribution in [2.24, 2.45) is 15.7 Å². The van der Waals surface area contributed by atoms with E-state index in [-0.39, 0.29) is 11.3 Å². The maximum Gasteiger partial charge on any atom is 0.306 e. The molecule has 2 aliphatic heterocycles. The summed E-state index contributed by atoms with van der Waals surface area (Å²) in [6, 6.07) is 15.3. The topological polar surface area (TPSA) is 148 Å². The van der Waals surface area contributed by atoms with Crippen LogP contribution < -0.4 is 9.92 Å². The van der Waals surface area contributed by atoms with Crippen molar-refractivity contribution in [2.45, 2.75) is 18.9 Å². The molecule has 0 aliphatic carbocycles. The number of nitrogens with two attached hydrogens (primary N) is 1. The van der Waals surface area contributed by atoms with Crippen molar-refractivity contribution in [1.82, 2.24) is 9.88 Å². The van der Waals surface area contributed by atoms with E-state index in [1.807, 2.05) is 11.0 Å². The highest BCUT2D eigenvalue weighted by Crippen LogP contribution is 2.43. The highest BCUT2D eigenvalue weighted by molar-refractivity contribution is 7.86. The third-order valence-corrected chi connectivity index (χ3v) is 6.54. The second-order valence-electron chi connectivity index (χ2n) is 8.80. The molecule has 0 saturated carbocycles. The maximum atomic E-state index is 14.6. The van der Waals surface area contributed by atoms with E-state index in [1.165, 1.54) is 12.3 Å². The van der Waals surface area contributed by atoms with Gasteiger partial charge in [0.1, 0.15) is 11.6 Å². The fraction of sp³-hybridized carbons (Fsp3) is 0.231. The Morgan fingerprint density at radius 3 is 2.54 bits per heavy atom. The summed E-state index contributed by atoms with van der Waals surface area (Å²) >= 11 is 6.08. The molecule has 1 aromatic heterocycles. The minimum atomic E-state index is -3.75. The SMILES string of the molecule is CC(=O)O.CS(=O)(=O)Oc1cccc(C2(c3cccc(-c4cc(Cl)cnc4F)c3)N=C(N)N3CCCN=C32)c1. The number of fused-ring (bicyclic) bond motifs is 1. The molecule has 1 unspecified atom stereocenters. The summed E-state index contributed by atoms with van der Waals surface area (Å²) < 4.78 is 43.3. The molecular weight excluding hydrogens is 549 g/mol. The first-order chi connectivity index (χ1) is 18.4. The zero-order chi connectivity index (χ0) is 28.4. The normalized spacial score (nSPS) is 18.3. The van der Waals surface area contributed by atoms with E-state index in [0.717, 1.165) is 19.6 Å². The van der Waals surface area contributed by atoms with Crippen LogP contribution in [0.2, 0.25) is 5.02 Å². The van der Waals surface area contributed by atoms with E-state index in [2.05, 4.69) is 4.98 Å². The predicted molar refractivity (Wildman–Crippen MR) is 146 cm³/mol. The van der Waals surface area contributed by atoms with E-state index in [0.29, 0.717) is 46.6 Å². The molecule has 2 aliphatic rings. The van der Waals surface area contributed by atoms with Crippen LogP contribution in [0.3, 0.4) is 0 Å². The Bertz CT molecular complexity index is 1590. The number of nitrogens with zero attached hydrogens (tertiary/aromatic N) is 4. The number of carboxylic acids is 1. The molecule has 0 saturated heterocycles. The number of carbonyl (C=O) groups is 1. The van der Waals surface area contributed by atoms with Gasteiger partial charge in [0.2, 0.25) is 5.95 Å². The molecular formula is C26H25ClFN5O5S. The predicted octanol–water partition coefficient (Wildman–Crippen LogP) is 3.65. The minimum absolute atomic E-state index is 0.134. The molecule has 13 heteroatoms. The van der Waals surface area contributed by atoms with Crippen molar-refractivity contribution >= 4 is 39.5 Å². The average molecular weight is 574 g/mol.